The second kappa shape index (κ2) is 6.54. The van der Waals surface area contributed by atoms with Crippen LogP contribution in [0, 0.1) is 12.7 Å². The second-order valence-corrected chi connectivity index (χ2v) is 5.30. The minimum atomic E-state index is -0.340. The average Bonchev–Trinajstić information content (AvgIpc) is 3.07. The summed E-state index contributed by atoms with van der Waals surface area (Å²) in [5, 5.41) is 9.58. The summed E-state index contributed by atoms with van der Waals surface area (Å²) in [5.41, 5.74) is 3.04. The van der Waals surface area contributed by atoms with Crippen LogP contribution in [-0.2, 0) is 0 Å². The van der Waals surface area contributed by atoms with E-state index in [0.29, 0.717) is 22.5 Å². The molecule has 3 rings (SSSR count). The van der Waals surface area contributed by atoms with E-state index in [1.54, 1.807) is 14.0 Å². The molecule has 0 saturated carbocycles. The summed E-state index contributed by atoms with van der Waals surface area (Å²) in [6.07, 6.45) is 1.47. The van der Waals surface area contributed by atoms with Crippen LogP contribution in [0.25, 0.3) is 11.3 Å². The molecule has 0 unspecified atom stereocenters. The molecule has 1 aromatic heterocycles. The molecule has 0 saturated heterocycles. The highest BCUT2D eigenvalue weighted by Gasteiger charge is 2.16. The largest absolute Gasteiger partial charge is 0.497 e. The summed E-state index contributed by atoms with van der Waals surface area (Å²) < 4.78 is 18.3. The number of benzene rings is 2. The fraction of sp³-hybridized carbons (Fsp3) is 0.111. The SMILES string of the molecule is COc1ccc(-c2[nH]ncc2C(=O)Nc2ccc(F)cc2C)cc1. The number of halogens is 1. The monoisotopic (exact) mass is 325 g/mol. The van der Waals surface area contributed by atoms with Crippen molar-refractivity contribution in [2.24, 2.45) is 0 Å². The van der Waals surface area contributed by atoms with E-state index in [0.717, 1.165) is 11.3 Å². The van der Waals surface area contributed by atoms with Gasteiger partial charge < -0.3 is 10.1 Å². The third kappa shape index (κ3) is 3.12. The summed E-state index contributed by atoms with van der Waals surface area (Å²) in [6.45, 7) is 1.73. The van der Waals surface area contributed by atoms with Crippen molar-refractivity contribution in [1.29, 1.82) is 0 Å². The Bertz CT molecular complexity index is 872. The summed E-state index contributed by atoms with van der Waals surface area (Å²) in [7, 11) is 1.59. The minimum Gasteiger partial charge on any atom is -0.497 e. The van der Waals surface area contributed by atoms with Crippen molar-refractivity contribution in [2.45, 2.75) is 6.92 Å². The van der Waals surface area contributed by atoms with Gasteiger partial charge in [0, 0.05) is 11.3 Å². The van der Waals surface area contributed by atoms with Gasteiger partial charge in [-0.15, -0.1) is 0 Å². The predicted molar refractivity (Wildman–Crippen MR) is 89.7 cm³/mol. The van der Waals surface area contributed by atoms with Crippen LogP contribution in [0.15, 0.2) is 48.7 Å². The smallest absolute Gasteiger partial charge is 0.259 e. The molecular formula is C18H16FN3O2. The highest BCUT2D eigenvalue weighted by molar-refractivity contribution is 6.08. The van der Waals surface area contributed by atoms with Crippen molar-refractivity contribution in [1.82, 2.24) is 10.2 Å². The van der Waals surface area contributed by atoms with Gasteiger partial charge in [-0.3, -0.25) is 9.89 Å². The molecular weight excluding hydrogens is 309 g/mol. The van der Waals surface area contributed by atoms with Crippen molar-refractivity contribution in [3.05, 3.63) is 65.6 Å². The second-order valence-electron chi connectivity index (χ2n) is 5.30. The van der Waals surface area contributed by atoms with E-state index in [1.807, 2.05) is 24.3 Å². The lowest BCUT2D eigenvalue weighted by molar-refractivity contribution is 0.102. The number of aromatic nitrogens is 2. The Morgan fingerprint density at radius 2 is 1.96 bits per heavy atom. The molecule has 6 heteroatoms. The first-order chi connectivity index (χ1) is 11.6. The van der Waals surface area contributed by atoms with Crippen LogP contribution in [0.4, 0.5) is 10.1 Å². The fourth-order valence-corrected chi connectivity index (χ4v) is 2.39. The van der Waals surface area contributed by atoms with Gasteiger partial charge in [-0.1, -0.05) is 0 Å². The molecule has 3 aromatic rings. The van der Waals surface area contributed by atoms with E-state index in [9.17, 15) is 9.18 Å². The Morgan fingerprint density at radius 3 is 2.62 bits per heavy atom. The van der Waals surface area contributed by atoms with Gasteiger partial charge in [-0.25, -0.2) is 4.39 Å². The number of nitrogens with zero attached hydrogens (tertiary/aromatic N) is 1. The summed E-state index contributed by atoms with van der Waals surface area (Å²) in [4.78, 5) is 12.5. The topological polar surface area (TPSA) is 67.0 Å². The highest BCUT2D eigenvalue weighted by Crippen LogP contribution is 2.25. The van der Waals surface area contributed by atoms with E-state index in [4.69, 9.17) is 4.74 Å². The molecule has 0 aliphatic heterocycles. The zero-order chi connectivity index (χ0) is 17.1. The molecule has 0 spiro atoms. The number of methoxy groups -OCH3 is 1. The molecule has 2 aromatic carbocycles. The van der Waals surface area contributed by atoms with Gasteiger partial charge in [0.15, 0.2) is 0 Å². The van der Waals surface area contributed by atoms with E-state index >= 15 is 0 Å². The van der Waals surface area contributed by atoms with E-state index in [2.05, 4.69) is 15.5 Å². The number of nitrogens with one attached hydrogen (secondary N) is 2. The Labute approximate surface area is 138 Å². The minimum absolute atomic E-state index is 0.315. The van der Waals surface area contributed by atoms with Gasteiger partial charge in [-0.2, -0.15) is 5.10 Å². The van der Waals surface area contributed by atoms with Crippen molar-refractivity contribution in [3.8, 4) is 17.0 Å². The number of hydrogen-bond donors (Lipinski definition) is 2. The molecule has 0 atom stereocenters. The maximum Gasteiger partial charge on any atom is 0.259 e. The first kappa shape index (κ1) is 15.7. The lowest BCUT2D eigenvalue weighted by Crippen LogP contribution is -2.13. The number of aryl methyl sites for hydroxylation is 1. The molecule has 1 heterocycles. The maximum absolute atomic E-state index is 13.2. The maximum atomic E-state index is 13.2. The van der Waals surface area contributed by atoms with Crippen molar-refractivity contribution in [3.63, 3.8) is 0 Å². The Hall–Kier alpha value is -3.15. The zero-order valence-electron chi connectivity index (χ0n) is 13.3. The number of anilines is 1. The predicted octanol–water partition coefficient (Wildman–Crippen LogP) is 3.79. The first-order valence-electron chi connectivity index (χ1n) is 7.34. The molecule has 0 bridgehead atoms. The quantitative estimate of drug-likeness (QED) is 0.767. The van der Waals surface area contributed by atoms with Crippen LogP contribution in [0.5, 0.6) is 5.75 Å². The molecule has 1 amide bonds. The fourth-order valence-electron chi connectivity index (χ4n) is 2.39. The van der Waals surface area contributed by atoms with Gasteiger partial charge in [0.05, 0.1) is 24.6 Å². The van der Waals surface area contributed by atoms with E-state index in [-0.39, 0.29) is 11.7 Å². The van der Waals surface area contributed by atoms with E-state index in [1.165, 1.54) is 24.4 Å². The number of ether oxygens (including phenoxy) is 1. The summed E-state index contributed by atoms with van der Waals surface area (Å²) >= 11 is 0. The Kier molecular flexibility index (Phi) is 4.29. The number of amides is 1. The molecule has 5 nitrogen and oxygen atoms in total. The third-order valence-electron chi connectivity index (χ3n) is 3.70. The van der Waals surface area contributed by atoms with E-state index < -0.39 is 0 Å². The van der Waals surface area contributed by atoms with Crippen molar-refractivity contribution >= 4 is 11.6 Å². The first-order valence-corrected chi connectivity index (χ1v) is 7.34. The summed E-state index contributed by atoms with van der Waals surface area (Å²) in [5.74, 6) is 0.0724. The van der Waals surface area contributed by atoms with Gasteiger partial charge in [0.2, 0.25) is 0 Å². The van der Waals surface area contributed by atoms with Crippen LogP contribution >= 0.6 is 0 Å². The number of hydrogen-bond acceptors (Lipinski definition) is 3. The number of carbonyl (C=O) groups excluding carboxylic acids is 1. The van der Waals surface area contributed by atoms with Crippen molar-refractivity contribution < 1.29 is 13.9 Å². The lowest BCUT2D eigenvalue weighted by Gasteiger charge is -2.09. The molecule has 0 fully saturated rings. The van der Waals surface area contributed by atoms with Crippen LogP contribution in [0.3, 0.4) is 0 Å². The standard InChI is InChI=1S/C18H16FN3O2/c1-11-9-13(19)5-8-16(11)21-18(23)15-10-20-22-17(15)12-3-6-14(24-2)7-4-12/h3-10H,1-2H3,(H,20,22)(H,21,23). The van der Waals surface area contributed by atoms with Gasteiger partial charge in [-0.05, 0) is 55.0 Å². The molecule has 122 valence electrons. The molecule has 0 radical (unpaired) electrons. The molecule has 0 aliphatic rings. The normalized spacial score (nSPS) is 10.5. The van der Waals surface area contributed by atoms with Crippen LogP contribution in [-0.4, -0.2) is 23.2 Å². The molecule has 24 heavy (non-hydrogen) atoms. The number of rotatable bonds is 4. The van der Waals surface area contributed by atoms with Crippen LogP contribution < -0.4 is 10.1 Å². The van der Waals surface area contributed by atoms with Gasteiger partial charge in [0.25, 0.3) is 5.91 Å². The van der Waals surface area contributed by atoms with Gasteiger partial charge in [0.1, 0.15) is 11.6 Å². The Balaban J connectivity index is 1.87. The lowest BCUT2D eigenvalue weighted by atomic mass is 10.1. The van der Waals surface area contributed by atoms with Crippen LogP contribution in [0.2, 0.25) is 0 Å². The highest BCUT2D eigenvalue weighted by atomic mass is 19.1. The van der Waals surface area contributed by atoms with Gasteiger partial charge >= 0.3 is 0 Å². The number of H-pyrrole nitrogens is 1. The van der Waals surface area contributed by atoms with Crippen molar-refractivity contribution in [2.75, 3.05) is 12.4 Å². The average molecular weight is 325 g/mol. The number of carbonyl (C=O) groups is 1. The number of aromatic amines is 1. The summed E-state index contributed by atoms with van der Waals surface area (Å²) in [6, 6.07) is 11.5. The molecule has 2 N–H and O–H groups in total. The zero-order valence-corrected chi connectivity index (χ0v) is 13.3. The van der Waals surface area contributed by atoms with Crippen LogP contribution in [0.1, 0.15) is 15.9 Å². The Morgan fingerprint density at radius 1 is 1.21 bits per heavy atom. The third-order valence-corrected chi connectivity index (χ3v) is 3.70. The molecule has 0 aliphatic carbocycles.